The molecular weight excluding hydrogens is 204 g/mol. The highest BCUT2D eigenvalue weighted by Crippen LogP contribution is 2.09. The Kier molecular flexibility index (Phi) is 4.96. The highest BCUT2D eigenvalue weighted by Gasteiger charge is 2.11. The number of nitrogens with zero attached hydrogens (tertiary/aromatic N) is 1. The van der Waals surface area contributed by atoms with Crippen molar-refractivity contribution in [1.82, 2.24) is 10.3 Å². The molecule has 0 amide bonds. The second kappa shape index (κ2) is 6.01. The summed E-state index contributed by atoms with van der Waals surface area (Å²) in [5, 5.41) is 12.5. The van der Waals surface area contributed by atoms with Crippen molar-refractivity contribution in [3.63, 3.8) is 0 Å². The number of oxazole rings is 1. The van der Waals surface area contributed by atoms with Gasteiger partial charge in [-0.05, 0) is 26.2 Å². The van der Waals surface area contributed by atoms with Crippen LogP contribution in [0.2, 0.25) is 0 Å². The minimum Gasteiger partial charge on any atom is -0.444 e. The highest BCUT2D eigenvalue weighted by molar-refractivity contribution is 5.05. The van der Waals surface area contributed by atoms with Crippen molar-refractivity contribution in [1.29, 1.82) is 0 Å². The number of hydrogen-bond acceptors (Lipinski definition) is 4. The molecule has 1 aromatic heterocycles. The molecule has 0 aliphatic carbocycles. The van der Waals surface area contributed by atoms with Crippen molar-refractivity contribution in [2.24, 2.45) is 5.92 Å². The largest absolute Gasteiger partial charge is 0.444 e. The van der Waals surface area contributed by atoms with Crippen LogP contribution in [0.25, 0.3) is 0 Å². The fourth-order valence-corrected chi connectivity index (χ4v) is 1.64. The van der Waals surface area contributed by atoms with Crippen molar-refractivity contribution >= 4 is 0 Å². The number of aliphatic hydroxyl groups is 1. The molecule has 1 aromatic rings. The summed E-state index contributed by atoms with van der Waals surface area (Å²) in [5.41, 5.74) is 0.932. The molecule has 16 heavy (non-hydrogen) atoms. The third-order valence-corrected chi connectivity index (χ3v) is 2.59. The zero-order chi connectivity index (χ0) is 12.1. The fraction of sp³-hybridized carbons (Fsp3) is 0.750. The van der Waals surface area contributed by atoms with Crippen LogP contribution in [0.3, 0.4) is 0 Å². The minimum absolute atomic E-state index is 0.118. The molecule has 0 aromatic carbocycles. The monoisotopic (exact) mass is 226 g/mol. The van der Waals surface area contributed by atoms with E-state index in [0.717, 1.165) is 17.9 Å². The quantitative estimate of drug-likeness (QED) is 0.776. The first-order valence-corrected chi connectivity index (χ1v) is 5.80. The average molecular weight is 226 g/mol. The van der Waals surface area contributed by atoms with Gasteiger partial charge >= 0.3 is 0 Å². The van der Waals surface area contributed by atoms with Gasteiger partial charge in [0.2, 0.25) is 5.89 Å². The van der Waals surface area contributed by atoms with Crippen LogP contribution in [0.4, 0.5) is 0 Å². The molecule has 1 heterocycles. The molecule has 0 saturated heterocycles. The normalized spacial score (nSPS) is 13.4. The number of nitrogens with one attached hydrogen (secondary N) is 1. The molecule has 1 rings (SSSR count). The van der Waals surface area contributed by atoms with Gasteiger partial charge < -0.3 is 14.8 Å². The number of aryl methyl sites for hydroxylation is 2. The molecule has 2 N–H and O–H groups in total. The van der Waals surface area contributed by atoms with Crippen LogP contribution in [-0.4, -0.2) is 22.7 Å². The third kappa shape index (κ3) is 3.94. The van der Waals surface area contributed by atoms with Gasteiger partial charge in [-0.25, -0.2) is 4.98 Å². The van der Waals surface area contributed by atoms with Crippen molar-refractivity contribution in [3.05, 3.63) is 17.3 Å². The SMILES string of the molecule is Cc1nc(CNC(CO)CC(C)C)oc1C. The summed E-state index contributed by atoms with van der Waals surface area (Å²) < 4.78 is 5.46. The smallest absolute Gasteiger partial charge is 0.208 e. The van der Waals surface area contributed by atoms with Crippen LogP contribution in [0.15, 0.2) is 4.42 Å². The molecule has 0 aliphatic heterocycles. The Hall–Kier alpha value is -0.870. The zero-order valence-electron chi connectivity index (χ0n) is 10.6. The lowest BCUT2D eigenvalue weighted by Gasteiger charge is -2.17. The first-order valence-electron chi connectivity index (χ1n) is 5.80. The second-order valence-corrected chi connectivity index (χ2v) is 4.64. The van der Waals surface area contributed by atoms with Crippen LogP contribution in [0.5, 0.6) is 0 Å². The van der Waals surface area contributed by atoms with E-state index in [1.54, 1.807) is 0 Å². The van der Waals surface area contributed by atoms with Gasteiger partial charge in [0.15, 0.2) is 0 Å². The third-order valence-electron chi connectivity index (χ3n) is 2.59. The molecule has 0 saturated carbocycles. The van der Waals surface area contributed by atoms with E-state index in [0.29, 0.717) is 18.4 Å². The van der Waals surface area contributed by atoms with E-state index >= 15 is 0 Å². The summed E-state index contributed by atoms with van der Waals surface area (Å²) in [6.07, 6.45) is 0.954. The van der Waals surface area contributed by atoms with Gasteiger partial charge in [0.25, 0.3) is 0 Å². The molecule has 4 heteroatoms. The maximum Gasteiger partial charge on any atom is 0.208 e. The van der Waals surface area contributed by atoms with Gasteiger partial charge in [0.1, 0.15) is 5.76 Å². The molecule has 0 aliphatic rings. The lowest BCUT2D eigenvalue weighted by molar-refractivity contribution is 0.220. The van der Waals surface area contributed by atoms with Crippen LogP contribution >= 0.6 is 0 Å². The summed E-state index contributed by atoms with van der Waals surface area (Å²) in [6.45, 7) is 8.85. The van der Waals surface area contributed by atoms with E-state index in [2.05, 4.69) is 24.1 Å². The standard InChI is InChI=1S/C12H22N2O2/c1-8(2)5-11(7-15)13-6-12-14-9(3)10(4)16-12/h8,11,13,15H,5-7H2,1-4H3. The van der Waals surface area contributed by atoms with E-state index in [9.17, 15) is 5.11 Å². The van der Waals surface area contributed by atoms with Crippen molar-refractivity contribution in [2.45, 2.75) is 46.7 Å². The summed E-state index contributed by atoms with van der Waals surface area (Å²) in [6, 6.07) is 0.118. The first kappa shape index (κ1) is 13.2. The summed E-state index contributed by atoms with van der Waals surface area (Å²) in [5.74, 6) is 2.12. The van der Waals surface area contributed by atoms with Crippen molar-refractivity contribution in [2.75, 3.05) is 6.61 Å². The van der Waals surface area contributed by atoms with Gasteiger partial charge in [-0.2, -0.15) is 0 Å². The van der Waals surface area contributed by atoms with Crippen LogP contribution in [-0.2, 0) is 6.54 Å². The van der Waals surface area contributed by atoms with Gasteiger partial charge in [-0.3, -0.25) is 0 Å². The van der Waals surface area contributed by atoms with Crippen LogP contribution in [0, 0.1) is 19.8 Å². The zero-order valence-corrected chi connectivity index (χ0v) is 10.6. The lowest BCUT2D eigenvalue weighted by atomic mass is 10.0. The molecule has 0 radical (unpaired) electrons. The van der Waals surface area contributed by atoms with E-state index in [4.69, 9.17) is 4.42 Å². The fourth-order valence-electron chi connectivity index (χ4n) is 1.64. The Bertz CT molecular complexity index is 301. The molecule has 92 valence electrons. The first-order chi connectivity index (χ1) is 7.52. The Balaban J connectivity index is 2.43. The molecule has 0 bridgehead atoms. The average Bonchev–Trinajstić information content (AvgIpc) is 2.53. The number of aliphatic hydroxyl groups excluding tert-OH is 1. The predicted octanol–water partition coefficient (Wildman–Crippen LogP) is 1.79. The molecule has 1 atom stereocenters. The van der Waals surface area contributed by atoms with E-state index in [1.165, 1.54) is 0 Å². The van der Waals surface area contributed by atoms with Gasteiger partial charge in [-0.15, -0.1) is 0 Å². The van der Waals surface area contributed by atoms with E-state index in [-0.39, 0.29) is 12.6 Å². The van der Waals surface area contributed by atoms with Crippen LogP contribution < -0.4 is 5.32 Å². The van der Waals surface area contributed by atoms with E-state index in [1.807, 2.05) is 13.8 Å². The minimum atomic E-state index is 0.118. The Labute approximate surface area is 97.1 Å². The molecule has 4 nitrogen and oxygen atoms in total. The highest BCUT2D eigenvalue weighted by atomic mass is 16.4. The van der Waals surface area contributed by atoms with Crippen molar-refractivity contribution in [3.8, 4) is 0 Å². The maximum atomic E-state index is 9.20. The molecule has 1 unspecified atom stereocenters. The van der Waals surface area contributed by atoms with Gasteiger partial charge in [-0.1, -0.05) is 13.8 Å². The summed E-state index contributed by atoms with van der Waals surface area (Å²) in [7, 11) is 0. The topological polar surface area (TPSA) is 58.3 Å². The summed E-state index contributed by atoms with van der Waals surface area (Å²) >= 11 is 0. The molecule has 0 spiro atoms. The van der Waals surface area contributed by atoms with Crippen LogP contribution in [0.1, 0.15) is 37.6 Å². The Morgan fingerprint density at radius 3 is 2.50 bits per heavy atom. The number of rotatable bonds is 6. The Morgan fingerprint density at radius 1 is 1.38 bits per heavy atom. The number of hydrogen-bond donors (Lipinski definition) is 2. The molecule has 0 fully saturated rings. The molecular formula is C12H22N2O2. The summed E-state index contributed by atoms with van der Waals surface area (Å²) in [4.78, 5) is 4.28. The predicted molar refractivity (Wildman–Crippen MR) is 63.1 cm³/mol. The van der Waals surface area contributed by atoms with Gasteiger partial charge in [0, 0.05) is 6.04 Å². The maximum absolute atomic E-state index is 9.20. The lowest BCUT2D eigenvalue weighted by Crippen LogP contribution is -2.33. The second-order valence-electron chi connectivity index (χ2n) is 4.64. The van der Waals surface area contributed by atoms with Crippen molar-refractivity contribution < 1.29 is 9.52 Å². The Morgan fingerprint density at radius 2 is 2.06 bits per heavy atom. The van der Waals surface area contributed by atoms with Gasteiger partial charge in [0.05, 0.1) is 18.8 Å². The number of aromatic nitrogens is 1. The van der Waals surface area contributed by atoms with E-state index < -0.39 is 0 Å².